The molecule has 2 aromatic heterocycles. The van der Waals surface area contributed by atoms with E-state index in [1.54, 1.807) is 0 Å². The molecular formula is C13H21FN5O13P3. The monoisotopic (exact) mass is 567 g/mol. The molecule has 8 N–H and O–H groups in total. The van der Waals surface area contributed by atoms with Crippen LogP contribution in [0.4, 0.5) is 10.3 Å². The van der Waals surface area contributed by atoms with Gasteiger partial charge in [0.25, 0.3) is 5.56 Å². The Morgan fingerprint density at radius 1 is 1.26 bits per heavy atom. The molecule has 0 amide bonds. The summed E-state index contributed by atoms with van der Waals surface area (Å²) in [6.45, 7) is 1.42. The van der Waals surface area contributed by atoms with Crippen LogP contribution in [0.2, 0.25) is 0 Å². The topological polar surface area (TPSA) is 279 Å². The first kappa shape index (κ1) is 28.0. The zero-order valence-electron chi connectivity index (χ0n) is 17.8. The van der Waals surface area contributed by atoms with E-state index >= 15 is 4.39 Å². The van der Waals surface area contributed by atoms with Crippen molar-refractivity contribution < 1.29 is 60.6 Å². The van der Waals surface area contributed by atoms with E-state index in [4.69, 9.17) is 20.3 Å². The molecule has 1 saturated heterocycles. The second-order valence-corrected chi connectivity index (χ2v) is 11.9. The van der Waals surface area contributed by atoms with Gasteiger partial charge in [-0.05, 0) is 13.3 Å². The minimum absolute atomic E-state index is 0.205. The summed E-state index contributed by atoms with van der Waals surface area (Å²) in [6.07, 6.45) is -3.57. The van der Waals surface area contributed by atoms with Crippen molar-refractivity contribution in [3.8, 4) is 0 Å². The van der Waals surface area contributed by atoms with Crippen molar-refractivity contribution in [3.63, 3.8) is 0 Å². The van der Waals surface area contributed by atoms with Gasteiger partial charge >= 0.3 is 23.5 Å². The number of phosphoric acid groups is 3. The van der Waals surface area contributed by atoms with Crippen molar-refractivity contribution >= 4 is 40.6 Å². The van der Waals surface area contributed by atoms with Gasteiger partial charge in [-0.3, -0.25) is 18.9 Å². The highest BCUT2D eigenvalue weighted by Gasteiger charge is 2.62. The maximum absolute atomic E-state index is 15.4. The molecule has 0 aliphatic carbocycles. The number of aliphatic hydroxyl groups excluding tert-OH is 1. The minimum Gasteiger partial charge on any atom is -0.387 e. The Bertz CT molecular complexity index is 1330. The molecule has 3 heterocycles. The molecule has 0 saturated carbocycles. The van der Waals surface area contributed by atoms with E-state index in [0.29, 0.717) is 0 Å². The summed E-state index contributed by atoms with van der Waals surface area (Å²) < 4.78 is 68.3. The van der Waals surface area contributed by atoms with Crippen LogP contribution in [-0.4, -0.2) is 68.7 Å². The number of anilines is 1. The van der Waals surface area contributed by atoms with Gasteiger partial charge < -0.3 is 35.2 Å². The van der Waals surface area contributed by atoms with Crippen molar-refractivity contribution in [3.05, 3.63) is 16.7 Å². The third-order valence-corrected chi connectivity index (χ3v) is 8.91. The fourth-order valence-electron chi connectivity index (χ4n) is 3.51. The van der Waals surface area contributed by atoms with Gasteiger partial charge in [-0.15, -0.1) is 0 Å². The van der Waals surface area contributed by atoms with Gasteiger partial charge in [0, 0.05) is 0 Å². The third-order valence-electron chi connectivity index (χ3n) is 5.13. The molecule has 3 rings (SSSR count). The van der Waals surface area contributed by atoms with Gasteiger partial charge in [0.15, 0.2) is 23.1 Å². The van der Waals surface area contributed by atoms with Crippen LogP contribution in [0.5, 0.6) is 0 Å². The summed E-state index contributed by atoms with van der Waals surface area (Å²) in [5, 5.41) is 10.6. The van der Waals surface area contributed by atoms with Crippen LogP contribution in [0.15, 0.2) is 11.1 Å². The average Bonchev–Trinajstić information content (AvgIpc) is 3.19. The second-order valence-electron chi connectivity index (χ2n) is 7.52. The van der Waals surface area contributed by atoms with Crippen LogP contribution in [-0.2, 0) is 37.3 Å². The molecular weight excluding hydrogens is 546 g/mol. The van der Waals surface area contributed by atoms with Gasteiger partial charge in [-0.25, -0.2) is 23.1 Å². The summed E-state index contributed by atoms with van der Waals surface area (Å²) in [5.41, 5.74) is 0.167. The lowest BCUT2D eigenvalue weighted by Crippen LogP contribution is -2.45. The van der Waals surface area contributed by atoms with E-state index in [-0.39, 0.29) is 23.5 Å². The van der Waals surface area contributed by atoms with E-state index in [0.717, 1.165) is 17.8 Å². The van der Waals surface area contributed by atoms with E-state index in [1.807, 2.05) is 0 Å². The number of ether oxygens (including phenoxy) is 1. The van der Waals surface area contributed by atoms with Crippen molar-refractivity contribution in [2.24, 2.45) is 0 Å². The summed E-state index contributed by atoms with van der Waals surface area (Å²) in [4.78, 5) is 58.1. The highest BCUT2D eigenvalue weighted by atomic mass is 31.3. The Morgan fingerprint density at radius 2 is 1.89 bits per heavy atom. The van der Waals surface area contributed by atoms with Crippen LogP contribution >= 0.6 is 23.5 Å². The second kappa shape index (κ2) is 9.06. The molecule has 22 heteroatoms. The van der Waals surface area contributed by atoms with Crippen LogP contribution in [0.1, 0.15) is 20.3 Å². The van der Waals surface area contributed by atoms with Crippen LogP contribution in [0, 0.1) is 0 Å². The summed E-state index contributed by atoms with van der Waals surface area (Å²) in [6, 6.07) is 0. The molecule has 198 valence electrons. The number of nitrogens with zero attached hydrogens (tertiary/aromatic N) is 3. The van der Waals surface area contributed by atoms with E-state index in [1.165, 1.54) is 6.92 Å². The van der Waals surface area contributed by atoms with Crippen molar-refractivity contribution in [2.75, 3.05) is 12.3 Å². The molecule has 18 nitrogen and oxygen atoms in total. The fraction of sp³-hybridized carbons (Fsp3) is 0.615. The van der Waals surface area contributed by atoms with Crippen molar-refractivity contribution in [1.29, 1.82) is 0 Å². The number of fused-ring (bicyclic) bond motifs is 1. The Hall–Kier alpha value is -1.59. The van der Waals surface area contributed by atoms with Crippen LogP contribution in [0.25, 0.3) is 11.2 Å². The number of H-pyrrole nitrogens is 1. The number of phosphoric ester groups is 1. The number of rotatable bonds is 9. The number of alkyl halides is 1. The zero-order chi connectivity index (χ0) is 26.6. The maximum atomic E-state index is 15.4. The number of nitrogens with two attached hydrogens (primary N) is 1. The molecule has 2 aromatic rings. The van der Waals surface area contributed by atoms with Crippen LogP contribution in [0.3, 0.4) is 0 Å². The first-order chi connectivity index (χ1) is 15.8. The maximum Gasteiger partial charge on any atom is 0.490 e. The van der Waals surface area contributed by atoms with Gasteiger partial charge in [-0.2, -0.15) is 13.6 Å². The number of nitrogens with one attached hydrogen (secondary N) is 1. The highest BCUT2D eigenvalue weighted by molar-refractivity contribution is 7.66. The van der Waals surface area contributed by atoms with Crippen molar-refractivity contribution in [1.82, 2.24) is 19.5 Å². The molecule has 0 radical (unpaired) electrons. The first-order valence-electron chi connectivity index (χ1n) is 9.39. The van der Waals surface area contributed by atoms with Gasteiger partial charge in [-0.1, -0.05) is 6.92 Å². The van der Waals surface area contributed by atoms with Gasteiger partial charge in [0.05, 0.1) is 12.9 Å². The average molecular weight is 567 g/mol. The summed E-state index contributed by atoms with van der Waals surface area (Å²) in [7, 11) is -17.0. The lowest BCUT2D eigenvalue weighted by atomic mass is 9.92. The van der Waals surface area contributed by atoms with Crippen molar-refractivity contribution in [2.45, 2.75) is 43.9 Å². The minimum atomic E-state index is -5.80. The fourth-order valence-corrected chi connectivity index (χ4v) is 6.59. The Kier molecular flexibility index (Phi) is 7.24. The molecule has 35 heavy (non-hydrogen) atoms. The number of nitrogen functional groups attached to an aromatic ring is 1. The quantitative estimate of drug-likeness (QED) is 0.190. The van der Waals surface area contributed by atoms with Gasteiger partial charge in [0.1, 0.15) is 11.7 Å². The molecule has 1 fully saturated rings. The highest BCUT2D eigenvalue weighted by Crippen LogP contribution is 2.66. The predicted octanol–water partition coefficient (Wildman–Crippen LogP) is -0.404. The first-order valence-corrected chi connectivity index (χ1v) is 13.9. The van der Waals surface area contributed by atoms with E-state index < -0.39 is 59.2 Å². The van der Waals surface area contributed by atoms with Gasteiger partial charge in [0.2, 0.25) is 5.95 Å². The Balaban J connectivity index is 1.90. The molecule has 1 aliphatic rings. The molecule has 0 spiro atoms. The standard InChI is InChI=1S/C13H21FN5O13P3/c1-3-13(4-29-34(25,26)32-35(27,28)31-33(22,23)24)8(20)7(14)12(2,30-13)19-5-16-6-9(19)17-11(15)18-10(6)21/h5,7-8,20H,3-4H2,1-2H3,(H,25,26)(H,27,28)(H2,22,23,24)(H3,15,17,18,21)/t7-,8+,12-,13-/m1/s1. The number of halogens is 1. The summed E-state index contributed by atoms with van der Waals surface area (Å²) >= 11 is 0. The molecule has 1 aliphatic heterocycles. The Labute approximate surface area is 194 Å². The number of hydrogen-bond donors (Lipinski definition) is 7. The zero-order valence-corrected chi connectivity index (χ0v) is 20.5. The molecule has 0 bridgehead atoms. The van der Waals surface area contributed by atoms with E-state index in [2.05, 4.69) is 28.1 Å². The normalized spacial score (nSPS) is 30.9. The predicted molar refractivity (Wildman–Crippen MR) is 111 cm³/mol. The number of aromatic amines is 1. The smallest absolute Gasteiger partial charge is 0.387 e. The van der Waals surface area contributed by atoms with E-state index in [9.17, 15) is 33.4 Å². The lowest BCUT2D eigenvalue weighted by Gasteiger charge is -2.33. The molecule has 0 aromatic carbocycles. The number of hydrogen-bond acceptors (Lipinski definition) is 12. The summed E-state index contributed by atoms with van der Waals surface area (Å²) in [5.74, 6) is -0.323. The third kappa shape index (κ3) is 5.56. The number of aliphatic hydroxyl groups is 1. The number of aromatic nitrogens is 4. The Morgan fingerprint density at radius 3 is 2.46 bits per heavy atom. The molecule has 2 unspecified atom stereocenters. The SMILES string of the molecule is CC[C@]1(COP(=O)(O)OP(=O)(O)OP(=O)(O)O)O[C@@](C)(n2cnc3c(=O)[nH]c(N)nc32)[C@H](F)[C@@H]1O. The largest absolute Gasteiger partial charge is 0.490 e. The van der Waals surface area contributed by atoms with Crippen LogP contribution < -0.4 is 11.3 Å². The molecule has 6 atom stereocenters. The number of imidazole rings is 1. The lowest BCUT2D eigenvalue weighted by molar-refractivity contribution is -0.173.